The highest BCUT2D eigenvalue weighted by Crippen LogP contribution is 2.15. The molecular formula is C16H30N4O. The molecule has 5 nitrogen and oxygen atoms in total. The molecule has 0 aliphatic carbocycles. The van der Waals surface area contributed by atoms with Gasteiger partial charge in [0.15, 0.2) is 0 Å². The Morgan fingerprint density at radius 3 is 2.38 bits per heavy atom. The average Bonchev–Trinajstić information content (AvgIpc) is 2.52. The van der Waals surface area contributed by atoms with Crippen molar-refractivity contribution in [1.82, 2.24) is 15.3 Å². The molecular weight excluding hydrogens is 264 g/mol. The number of rotatable bonds is 11. The monoisotopic (exact) mass is 294 g/mol. The van der Waals surface area contributed by atoms with Crippen molar-refractivity contribution in [3.05, 3.63) is 18.0 Å². The third kappa shape index (κ3) is 5.98. The van der Waals surface area contributed by atoms with Crippen LogP contribution in [0.4, 0.5) is 5.95 Å². The Kier molecular flexibility index (Phi) is 8.94. The van der Waals surface area contributed by atoms with Crippen LogP contribution in [0.2, 0.25) is 0 Å². The number of nitrogens with zero attached hydrogens (tertiary/aromatic N) is 3. The molecule has 0 saturated carbocycles. The molecule has 1 heterocycles. The molecule has 0 fully saturated rings. The van der Waals surface area contributed by atoms with Crippen molar-refractivity contribution in [2.75, 3.05) is 31.7 Å². The highest BCUT2D eigenvalue weighted by Gasteiger charge is 2.17. The first-order chi connectivity index (χ1) is 10.3. The van der Waals surface area contributed by atoms with Crippen molar-refractivity contribution >= 4 is 5.95 Å². The second-order valence-electron chi connectivity index (χ2n) is 5.22. The largest absolute Gasteiger partial charge is 0.383 e. The molecule has 1 N–H and O–H groups in total. The van der Waals surface area contributed by atoms with E-state index in [1.807, 2.05) is 12.4 Å². The summed E-state index contributed by atoms with van der Waals surface area (Å²) >= 11 is 0. The second kappa shape index (κ2) is 10.5. The number of ether oxygens (including phenoxy) is 1. The van der Waals surface area contributed by atoms with Gasteiger partial charge in [-0.15, -0.1) is 0 Å². The van der Waals surface area contributed by atoms with E-state index in [-0.39, 0.29) is 0 Å². The minimum Gasteiger partial charge on any atom is -0.383 e. The zero-order valence-electron chi connectivity index (χ0n) is 13.9. The average molecular weight is 294 g/mol. The molecule has 0 amide bonds. The van der Waals surface area contributed by atoms with Gasteiger partial charge in [0, 0.05) is 44.2 Å². The third-order valence-corrected chi connectivity index (χ3v) is 3.62. The van der Waals surface area contributed by atoms with E-state index in [0.29, 0.717) is 12.6 Å². The first-order valence-corrected chi connectivity index (χ1v) is 8.03. The highest BCUT2D eigenvalue weighted by molar-refractivity contribution is 5.31. The third-order valence-electron chi connectivity index (χ3n) is 3.62. The molecule has 0 bridgehead atoms. The predicted octanol–water partition coefficient (Wildman–Crippen LogP) is 2.62. The Hall–Kier alpha value is -1.20. The van der Waals surface area contributed by atoms with Gasteiger partial charge in [0.1, 0.15) is 0 Å². The Morgan fingerprint density at radius 1 is 1.19 bits per heavy atom. The van der Waals surface area contributed by atoms with E-state index in [1.54, 1.807) is 7.11 Å². The molecule has 1 aromatic heterocycles. The van der Waals surface area contributed by atoms with Gasteiger partial charge in [0.05, 0.1) is 6.61 Å². The van der Waals surface area contributed by atoms with Gasteiger partial charge in [-0.25, -0.2) is 9.97 Å². The van der Waals surface area contributed by atoms with E-state index in [1.165, 1.54) is 0 Å². The van der Waals surface area contributed by atoms with E-state index in [4.69, 9.17) is 4.74 Å². The van der Waals surface area contributed by atoms with Crippen LogP contribution in [0.15, 0.2) is 12.4 Å². The van der Waals surface area contributed by atoms with Gasteiger partial charge in [-0.2, -0.15) is 0 Å². The standard InChI is InChI=1S/C16H30N4O/c1-5-8-17-11-14-12-18-16(19-13-14)20(9-10-21-4)15(6-2)7-3/h12-13,15,17H,5-11H2,1-4H3. The van der Waals surface area contributed by atoms with Crippen molar-refractivity contribution in [2.45, 2.75) is 52.6 Å². The molecule has 0 radical (unpaired) electrons. The first-order valence-electron chi connectivity index (χ1n) is 8.03. The van der Waals surface area contributed by atoms with Crippen LogP contribution >= 0.6 is 0 Å². The lowest BCUT2D eigenvalue weighted by Gasteiger charge is -2.30. The molecule has 0 spiro atoms. The van der Waals surface area contributed by atoms with E-state index >= 15 is 0 Å². The number of hydrogen-bond donors (Lipinski definition) is 1. The lowest BCUT2D eigenvalue weighted by Crippen LogP contribution is -2.38. The van der Waals surface area contributed by atoms with Gasteiger partial charge in [-0.3, -0.25) is 0 Å². The van der Waals surface area contributed by atoms with Gasteiger partial charge in [0.25, 0.3) is 0 Å². The van der Waals surface area contributed by atoms with Gasteiger partial charge in [-0.05, 0) is 25.8 Å². The molecule has 0 saturated heterocycles. The maximum atomic E-state index is 5.21. The summed E-state index contributed by atoms with van der Waals surface area (Å²) < 4.78 is 5.21. The van der Waals surface area contributed by atoms with Crippen LogP contribution in [0, 0.1) is 0 Å². The minimum atomic E-state index is 0.462. The fourth-order valence-corrected chi connectivity index (χ4v) is 2.36. The zero-order chi connectivity index (χ0) is 15.5. The van der Waals surface area contributed by atoms with Gasteiger partial charge >= 0.3 is 0 Å². The summed E-state index contributed by atoms with van der Waals surface area (Å²) in [6, 6.07) is 0.462. The Bertz CT molecular complexity index is 365. The summed E-state index contributed by atoms with van der Waals surface area (Å²) in [6.45, 7) is 9.95. The summed E-state index contributed by atoms with van der Waals surface area (Å²) in [5, 5.41) is 3.37. The highest BCUT2D eigenvalue weighted by atomic mass is 16.5. The molecule has 0 aliphatic heterocycles. The van der Waals surface area contributed by atoms with Gasteiger partial charge in [-0.1, -0.05) is 20.8 Å². The van der Waals surface area contributed by atoms with E-state index in [9.17, 15) is 0 Å². The zero-order valence-corrected chi connectivity index (χ0v) is 13.9. The molecule has 120 valence electrons. The van der Waals surface area contributed by atoms with Crippen LogP contribution in [0.5, 0.6) is 0 Å². The van der Waals surface area contributed by atoms with Crippen LogP contribution in [-0.2, 0) is 11.3 Å². The summed E-state index contributed by atoms with van der Waals surface area (Å²) in [7, 11) is 1.73. The summed E-state index contributed by atoms with van der Waals surface area (Å²) in [4.78, 5) is 11.4. The first kappa shape index (κ1) is 17.9. The van der Waals surface area contributed by atoms with Crippen molar-refractivity contribution in [3.8, 4) is 0 Å². The SMILES string of the molecule is CCCNCc1cnc(N(CCOC)C(CC)CC)nc1. The number of methoxy groups -OCH3 is 1. The molecule has 0 unspecified atom stereocenters. The lowest BCUT2D eigenvalue weighted by molar-refractivity contribution is 0.202. The van der Waals surface area contributed by atoms with Gasteiger partial charge < -0.3 is 15.0 Å². The summed E-state index contributed by atoms with van der Waals surface area (Å²) in [5.74, 6) is 0.806. The van der Waals surface area contributed by atoms with Crippen LogP contribution < -0.4 is 10.2 Å². The molecule has 0 atom stereocenters. The van der Waals surface area contributed by atoms with Crippen molar-refractivity contribution in [3.63, 3.8) is 0 Å². The van der Waals surface area contributed by atoms with Crippen LogP contribution in [0.25, 0.3) is 0 Å². The molecule has 21 heavy (non-hydrogen) atoms. The van der Waals surface area contributed by atoms with E-state index < -0.39 is 0 Å². The number of anilines is 1. The Labute approximate surface area is 129 Å². The van der Waals surface area contributed by atoms with Gasteiger partial charge in [0.2, 0.25) is 5.95 Å². The second-order valence-corrected chi connectivity index (χ2v) is 5.22. The number of nitrogens with one attached hydrogen (secondary N) is 1. The Morgan fingerprint density at radius 2 is 1.86 bits per heavy atom. The van der Waals surface area contributed by atoms with Crippen molar-refractivity contribution in [2.24, 2.45) is 0 Å². The quantitative estimate of drug-likeness (QED) is 0.636. The van der Waals surface area contributed by atoms with Crippen molar-refractivity contribution < 1.29 is 4.74 Å². The fraction of sp³-hybridized carbons (Fsp3) is 0.750. The normalized spacial score (nSPS) is 11.1. The lowest BCUT2D eigenvalue weighted by atomic mass is 10.1. The molecule has 5 heteroatoms. The maximum Gasteiger partial charge on any atom is 0.225 e. The Balaban J connectivity index is 2.72. The van der Waals surface area contributed by atoms with E-state index in [0.717, 1.165) is 50.4 Å². The molecule has 1 rings (SSSR count). The molecule has 0 aromatic carbocycles. The maximum absolute atomic E-state index is 5.21. The fourth-order valence-electron chi connectivity index (χ4n) is 2.36. The number of hydrogen-bond acceptors (Lipinski definition) is 5. The number of aromatic nitrogens is 2. The van der Waals surface area contributed by atoms with E-state index in [2.05, 4.69) is 41.0 Å². The molecule has 1 aromatic rings. The smallest absolute Gasteiger partial charge is 0.225 e. The predicted molar refractivity (Wildman–Crippen MR) is 87.6 cm³/mol. The summed E-state index contributed by atoms with van der Waals surface area (Å²) in [5.41, 5.74) is 1.13. The van der Waals surface area contributed by atoms with Crippen molar-refractivity contribution in [1.29, 1.82) is 0 Å². The minimum absolute atomic E-state index is 0.462. The van der Waals surface area contributed by atoms with Crippen LogP contribution in [0.1, 0.15) is 45.6 Å². The topological polar surface area (TPSA) is 50.3 Å². The summed E-state index contributed by atoms with van der Waals surface area (Å²) in [6.07, 6.45) is 7.16. The van der Waals surface area contributed by atoms with Crippen LogP contribution in [-0.4, -0.2) is 42.8 Å². The van der Waals surface area contributed by atoms with Crippen LogP contribution in [0.3, 0.4) is 0 Å². The molecule has 0 aliphatic rings.